The van der Waals surface area contributed by atoms with Crippen LogP contribution in [-0.4, -0.2) is 28.2 Å². The molecule has 0 amide bonds. The highest BCUT2D eigenvalue weighted by molar-refractivity contribution is 7.10. The third-order valence-electron chi connectivity index (χ3n) is 8.64. The Morgan fingerprint density at radius 1 is 0.977 bits per heavy atom. The topological polar surface area (TPSA) is 81.0 Å². The van der Waals surface area contributed by atoms with E-state index in [1.165, 1.54) is 41.2 Å². The maximum absolute atomic E-state index is 14.2. The lowest BCUT2D eigenvalue weighted by molar-refractivity contribution is 0.122. The van der Waals surface area contributed by atoms with Gasteiger partial charge >= 0.3 is 0 Å². The molecule has 0 aliphatic heterocycles. The van der Waals surface area contributed by atoms with Gasteiger partial charge in [-0.05, 0) is 70.6 Å². The fourth-order valence-corrected chi connectivity index (χ4v) is 6.97. The molecule has 4 aromatic rings. The zero-order chi connectivity index (χ0) is 31.3. The van der Waals surface area contributed by atoms with Gasteiger partial charge in [0.25, 0.3) is 0 Å². The number of nitrogens with one attached hydrogen (secondary N) is 2. The van der Waals surface area contributed by atoms with Crippen molar-refractivity contribution >= 4 is 17.4 Å². The molecule has 0 saturated heterocycles. The SMILES string of the molecule is CC(C)(C)c1cccc(C2(NCC(O)C(Cc3cc(F)cc(F)c3)Nc3nsc(-c4ccccc4)c3C#N)CCCCC2)c1. The Bertz CT molecular complexity index is 1580. The van der Waals surface area contributed by atoms with Crippen LogP contribution < -0.4 is 10.6 Å². The lowest BCUT2D eigenvalue weighted by Crippen LogP contribution is -2.51. The minimum atomic E-state index is -0.959. The van der Waals surface area contributed by atoms with Gasteiger partial charge in [-0.3, -0.25) is 0 Å². The van der Waals surface area contributed by atoms with Crippen LogP contribution in [0.1, 0.15) is 75.1 Å². The van der Waals surface area contributed by atoms with Gasteiger partial charge in [0, 0.05) is 18.2 Å². The maximum atomic E-state index is 14.2. The van der Waals surface area contributed by atoms with E-state index in [9.17, 15) is 19.1 Å². The van der Waals surface area contributed by atoms with Gasteiger partial charge in [0.2, 0.25) is 0 Å². The van der Waals surface area contributed by atoms with Crippen LogP contribution in [0.15, 0.2) is 72.8 Å². The summed E-state index contributed by atoms with van der Waals surface area (Å²) in [6.45, 7) is 6.87. The van der Waals surface area contributed by atoms with Gasteiger partial charge in [-0.1, -0.05) is 94.6 Å². The second-order valence-electron chi connectivity index (χ2n) is 12.9. The highest BCUT2D eigenvalue weighted by Gasteiger charge is 2.36. The molecular weight excluding hydrogens is 574 g/mol. The second kappa shape index (κ2) is 13.6. The van der Waals surface area contributed by atoms with Crippen LogP contribution in [0.25, 0.3) is 10.4 Å². The molecule has 1 heterocycles. The number of halogens is 2. The summed E-state index contributed by atoms with van der Waals surface area (Å²) in [5.74, 6) is -1.00. The molecule has 8 heteroatoms. The van der Waals surface area contributed by atoms with Crippen LogP contribution in [0.4, 0.5) is 14.6 Å². The average Bonchev–Trinajstić information content (AvgIpc) is 3.42. The molecule has 5 nitrogen and oxygen atoms in total. The van der Waals surface area contributed by atoms with Gasteiger partial charge in [-0.2, -0.15) is 9.64 Å². The van der Waals surface area contributed by atoms with E-state index >= 15 is 0 Å². The first-order valence-corrected chi connectivity index (χ1v) is 16.1. The zero-order valence-corrected chi connectivity index (χ0v) is 26.4. The van der Waals surface area contributed by atoms with Crippen molar-refractivity contribution in [1.82, 2.24) is 9.69 Å². The van der Waals surface area contributed by atoms with E-state index in [4.69, 9.17) is 0 Å². The Morgan fingerprint density at radius 3 is 2.34 bits per heavy atom. The molecule has 5 rings (SSSR count). The van der Waals surface area contributed by atoms with Crippen LogP contribution in [0.2, 0.25) is 0 Å². The van der Waals surface area contributed by atoms with E-state index in [0.717, 1.165) is 42.2 Å². The van der Waals surface area contributed by atoms with E-state index in [1.807, 2.05) is 30.3 Å². The first kappa shape index (κ1) is 31.8. The second-order valence-corrected chi connectivity index (χ2v) is 13.6. The lowest BCUT2D eigenvalue weighted by atomic mass is 9.74. The minimum absolute atomic E-state index is 0.00517. The van der Waals surface area contributed by atoms with E-state index in [-0.39, 0.29) is 23.9 Å². The van der Waals surface area contributed by atoms with Crippen molar-refractivity contribution in [3.8, 4) is 16.5 Å². The Balaban J connectivity index is 1.44. The Labute approximate surface area is 263 Å². The fraction of sp³-hybridized carbons (Fsp3) is 0.389. The number of hydrogen-bond donors (Lipinski definition) is 3. The molecule has 44 heavy (non-hydrogen) atoms. The van der Waals surface area contributed by atoms with E-state index < -0.39 is 23.8 Å². The number of aliphatic hydroxyl groups excluding tert-OH is 1. The van der Waals surface area contributed by atoms with Gasteiger partial charge in [-0.15, -0.1) is 0 Å². The number of nitriles is 1. The van der Waals surface area contributed by atoms with Crippen molar-refractivity contribution in [1.29, 1.82) is 5.26 Å². The zero-order valence-electron chi connectivity index (χ0n) is 25.5. The summed E-state index contributed by atoms with van der Waals surface area (Å²) in [6, 6.07) is 23.3. The number of rotatable bonds is 10. The first-order valence-electron chi connectivity index (χ1n) is 15.3. The van der Waals surface area contributed by atoms with Crippen molar-refractivity contribution < 1.29 is 13.9 Å². The lowest BCUT2D eigenvalue weighted by Gasteiger charge is -2.41. The third kappa shape index (κ3) is 7.35. The molecule has 3 N–H and O–H groups in total. The predicted octanol–water partition coefficient (Wildman–Crippen LogP) is 8.09. The summed E-state index contributed by atoms with van der Waals surface area (Å²) in [5, 5.41) is 28.8. The Kier molecular flexibility index (Phi) is 9.79. The standard InChI is InChI=1S/C36H40F2N4OS/c1-35(2,3)26-13-10-14-27(20-26)36(15-8-5-9-16-36)40-23-32(43)31(19-24-17-28(37)21-29(38)18-24)41-34-30(22-39)33(44-42-34)25-11-6-4-7-12-25/h4,6-7,10-14,17-18,20-21,31-32,40,43H,5,8-9,15-16,19,23H2,1-3H3,(H,41,42). The molecule has 1 saturated carbocycles. The van der Waals surface area contributed by atoms with Gasteiger partial charge in [0.05, 0.1) is 17.0 Å². The summed E-state index contributed by atoms with van der Waals surface area (Å²) < 4.78 is 32.9. The normalized spacial score (nSPS) is 16.2. The van der Waals surface area contributed by atoms with E-state index in [1.54, 1.807) is 0 Å². The highest BCUT2D eigenvalue weighted by Crippen LogP contribution is 2.39. The largest absolute Gasteiger partial charge is 0.390 e. The van der Waals surface area contributed by atoms with Gasteiger partial charge < -0.3 is 15.7 Å². The molecule has 1 aromatic heterocycles. The molecule has 1 aliphatic carbocycles. The van der Waals surface area contributed by atoms with Crippen molar-refractivity contribution in [2.45, 2.75) is 82.4 Å². The predicted molar refractivity (Wildman–Crippen MR) is 174 cm³/mol. The molecule has 3 aromatic carbocycles. The van der Waals surface area contributed by atoms with Crippen LogP contribution in [0.3, 0.4) is 0 Å². The van der Waals surface area contributed by atoms with Crippen LogP contribution in [0.5, 0.6) is 0 Å². The van der Waals surface area contributed by atoms with E-state index in [2.05, 4.69) is 66.1 Å². The first-order chi connectivity index (χ1) is 21.1. The molecular formula is C36H40F2N4OS. The molecule has 1 aliphatic rings. The van der Waals surface area contributed by atoms with Crippen molar-refractivity contribution in [3.05, 3.63) is 107 Å². The number of aromatic nitrogens is 1. The quantitative estimate of drug-likeness (QED) is 0.168. The van der Waals surface area contributed by atoms with E-state index in [0.29, 0.717) is 16.9 Å². The number of nitrogens with zero attached hydrogens (tertiary/aromatic N) is 2. The van der Waals surface area contributed by atoms with Crippen LogP contribution >= 0.6 is 11.5 Å². The molecule has 1 fully saturated rings. The number of benzene rings is 3. The van der Waals surface area contributed by atoms with Crippen LogP contribution in [0, 0.1) is 23.0 Å². The molecule has 230 valence electrons. The monoisotopic (exact) mass is 614 g/mol. The van der Waals surface area contributed by atoms with Crippen molar-refractivity contribution in [2.75, 3.05) is 11.9 Å². The fourth-order valence-electron chi connectivity index (χ4n) is 6.17. The summed E-state index contributed by atoms with van der Waals surface area (Å²) in [5.41, 5.74) is 3.84. The summed E-state index contributed by atoms with van der Waals surface area (Å²) in [7, 11) is 0. The average molecular weight is 615 g/mol. The summed E-state index contributed by atoms with van der Waals surface area (Å²) >= 11 is 1.20. The molecule has 0 spiro atoms. The van der Waals surface area contributed by atoms with Crippen molar-refractivity contribution in [3.63, 3.8) is 0 Å². The van der Waals surface area contributed by atoms with Gasteiger partial charge in [-0.25, -0.2) is 8.78 Å². The maximum Gasteiger partial charge on any atom is 0.158 e. The minimum Gasteiger partial charge on any atom is -0.390 e. The van der Waals surface area contributed by atoms with Crippen molar-refractivity contribution in [2.24, 2.45) is 0 Å². The number of anilines is 1. The molecule has 0 bridgehead atoms. The number of hydrogen-bond acceptors (Lipinski definition) is 6. The number of aliphatic hydroxyl groups is 1. The highest BCUT2D eigenvalue weighted by atomic mass is 32.1. The van der Waals surface area contributed by atoms with Gasteiger partial charge in [0.1, 0.15) is 23.3 Å². The smallest absolute Gasteiger partial charge is 0.158 e. The van der Waals surface area contributed by atoms with Gasteiger partial charge in [0.15, 0.2) is 5.82 Å². The Morgan fingerprint density at radius 2 is 1.68 bits per heavy atom. The van der Waals surface area contributed by atoms with Crippen LogP contribution in [-0.2, 0) is 17.4 Å². The molecule has 2 unspecified atom stereocenters. The molecule has 0 radical (unpaired) electrons. The summed E-state index contributed by atoms with van der Waals surface area (Å²) in [6.07, 6.45) is 4.41. The Hall–Kier alpha value is -3.64. The molecule has 2 atom stereocenters. The summed E-state index contributed by atoms with van der Waals surface area (Å²) in [4.78, 5) is 0.721. The third-order valence-corrected chi connectivity index (χ3v) is 9.54.